The number of ether oxygens (including phenoxy) is 1. The van der Waals surface area contributed by atoms with Crippen LogP contribution in [0.25, 0.3) is 11.3 Å². The number of nitrogens with zero attached hydrogens (tertiary/aromatic N) is 4. The second kappa shape index (κ2) is 8.55. The van der Waals surface area contributed by atoms with Crippen LogP contribution in [0.4, 0.5) is 11.6 Å². The summed E-state index contributed by atoms with van der Waals surface area (Å²) in [6.07, 6.45) is 5.19. The van der Waals surface area contributed by atoms with Gasteiger partial charge in [-0.15, -0.1) is 0 Å². The van der Waals surface area contributed by atoms with Crippen molar-refractivity contribution >= 4 is 17.5 Å². The SMILES string of the molecule is Cn1c(N2CCOC(c3ccc(NC(=O)C4CC4)cc3)C2)nc(-c2ccncc2)cc1=O. The van der Waals surface area contributed by atoms with Crippen molar-refractivity contribution in [2.75, 3.05) is 29.9 Å². The second-order valence-electron chi connectivity index (χ2n) is 8.27. The number of amides is 1. The van der Waals surface area contributed by atoms with Crippen LogP contribution < -0.4 is 15.8 Å². The maximum absolute atomic E-state index is 12.6. The van der Waals surface area contributed by atoms with Gasteiger partial charge in [0.15, 0.2) is 0 Å². The molecule has 0 spiro atoms. The summed E-state index contributed by atoms with van der Waals surface area (Å²) in [5, 5.41) is 2.96. The number of morpholine rings is 1. The van der Waals surface area contributed by atoms with Crippen LogP contribution in [0, 0.1) is 5.92 Å². The van der Waals surface area contributed by atoms with E-state index in [1.54, 1.807) is 30.1 Å². The molecular weight excluding hydrogens is 406 g/mol. The number of carbonyl (C=O) groups excluding carboxylic acids is 1. The van der Waals surface area contributed by atoms with E-state index in [-0.39, 0.29) is 23.5 Å². The molecule has 1 saturated carbocycles. The van der Waals surface area contributed by atoms with Crippen molar-refractivity contribution in [1.82, 2.24) is 14.5 Å². The van der Waals surface area contributed by atoms with E-state index in [9.17, 15) is 9.59 Å². The van der Waals surface area contributed by atoms with Crippen LogP contribution in [0.1, 0.15) is 24.5 Å². The summed E-state index contributed by atoms with van der Waals surface area (Å²) in [6, 6.07) is 13.0. The van der Waals surface area contributed by atoms with E-state index >= 15 is 0 Å². The minimum atomic E-state index is -0.154. The molecule has 5 rings (SSSR count). The molecule has 32 heavy (non-hydrogen) atoms. The van der Waals surface area contributed by atoms with E-state index in [0.29, 0.717) is 31.3 Å². The number of benzene rings is 1. The van der Waals surface area contributed by atoms with Crippen LogP contribution in [0.5, 0.6) is 0 Å². The van der Waals surface area contributed by atoms with E-state index in [4.69, 9.17) is 9.72 Å². The average molecular weight is 431 g/mol. The summed E-state index contributed by atoms with van der Waals surface area (Å²) >= 11 is 0. The standard InChI is InChI=1S/C24H25N5O3/c1-28-22(30)14-20(16-8-10-25-11-9-16)27-24(28)29-12-13-32-21(15-29)17-4-6-19(7-5-17)26-23(31)18-2-3-18/h4-11,14,18,21H,2-3,12-13,15H2,1H3,(H,26,31). The van der Waals surface area contributed by atoms with Gasteiger partial charge in [-0.25, -0.2) is 4.98 Å². The van der Waals surface area contributed by atoms with E-state index in [2.05, 4.69) is 15.2 Å². The lowest BCUT2D eigenvalue weighted by molar-refractivity contribution is -0.117. The van der Waals surface area contributed by atoms with E-state index in [0.717, 1.165) is 29.7 Å². The van der Waals surface area contributed by atoms with Crippen LogP contribution in [-0.2, 0) is 16.6 Å². The number of pyridine rings is 1. The monoisotopic (exact) mass is 431 g/mol. The summed E-state index contributed by atoms with van der Waals surface area (Å²) in [5.74, 6) is 0.886. The van der Waals surface area contributed by atoms with Crippen molar-refractivity contribution in [3.63, 3.8) is 0 Å². The molecule has 2 aliphatic rings. The molecule has 1 unspecified atom stereocenters. The smallest absolute Gasteiger partial charge is 0.255 e. The molecule has 1 N–H and O–H groups in total. The predicted octanol–water partition coefficient (Wildman–Crippen LogP) is 2.77. The van der Waals surface area contributed by atoms with E-state index in [1.165, 1.54) is 0 Å². The van der Waals surface area contributed by atoms with Crippen molar-refractivity contribution in [1.29, 1.82) is 0 Å². The Morgan fingerprint density at radius 2 is 1.88 bits per heavy atom. The molecule has 3 heterocycles. The highest BCUT2D eigenvalue weighted by Gasteiger charge is 2.30. The normalized spacial score (nSPS) is 18.4. The van der Waals surface area contributed by atoms with Crippen LogP contribution in [0.3, 0.4) is 0 Å². The minimum Gasteiger partial charge on any atom is -0.370 e. The Balaban J connectivity index is 1.35. The van der Waals surface area contributed by atoms with Gasteiger partial charge in [-0.3, -0.25) is 19.1 Å². The first-order chi connectivity index (χ1) is 15.6. The number of carbonyl (C=O) groups is 1. The van der Waals surface area contributed by atoms with Gasteiger partial charge < -0.3 is 15.0 Å². The third-order valence-corrected chi connectivity index (χ3v) is 5.93. The molecule has 0 radical (unpaired) electrons. The number of hydrogen-bond donors (Lipinski definition) is 1. The molecular formula is C24H25N5O3. The first kappa shape index (κ1) is 20.4. The number of rotatable bonds is 5. The second-order valence-corrected chi connectivity index (χ2v) is 8.27. The van der Waals surface area contributed by atoms with Gasteiger partial charge in [-0.1, -0.05) is 12.1 Å². The van der Waals surface area contributed by atoms with E-state index in [1.807, 2.05) is 36.4 Å². The van der Waals surface area contributed by atoms with Gasteiger partial charge in [0.2, 0.25) is 11.9 Å². The highest BCUT2D eigenvalue weighted by molar-refractivity contribution is 5.94. The van der Waals surface area contributed by atoms with Crippen LogP contribution in [0.2, 0.25) is 0 Å². The Kier molecular flexibility index (Phi) is 5.45. The molecule has 3 aromatic rings. The van der Waals surface area contributed by atoms with Crippen molar-refractivity contribution in [3.05, 3.63) is 70.8 Å². The van der Waals surface area contributed by atoms with E-state index < -0.39 is 0 Å². The Bertz CT molecular complexity index is 1170. The first-order valence-corrected chi connectivity index (χ1v) is 10.8. The zero-order valence-electron chi connectivity index (χ0n) is 17.9. The third-order valence-electron chi connectivity index (χ3n) is 5.93. The molecule has 1 aliphatic heterocycles. The fourth-order valence-electron chi connectivity index (χ4n) is 3.88. The zero-order valence-corrected chi connectivity index (χ0v) is 17.9. The molecule has 2 fully saturated rings. The van der Waals surface area contributed by atoms with Crippen LogP contribution in [-0.4, -0.2) is 40.1 Å². The first-order valence-electron chi connectivity index (χ1n) is 10.8. The van der Waals surface area contributed by atoms with Gasteiger partial charge in [0, 0.05) is 49.2 Å². The molecule has 1 aromatic carbocycles. The molecule has 2 aromatic heterocycles. The van der Waals surface area contributed by atoms with Crippen LogP contribution >= 0.6 is 0 Å². The van der Waals surface area contributed by atoms with Crippen molar-refractivity contribution in [2.45, 2.75) is 18.9 Å². The fraction of sp³-hybridized carbons (Fsp3) is 0.333. The van der Waals surface area contributed by atoms with Gasteiger partial charge >= 0.3 is 0 Å². The Morgan fingerprint density at radius 3 is 2.59 bits per heavy atom. The summed E-state index contributed by atoms with van der Waals surface area (Å²) in [6.45, 7) is 1.75. The summed E-state index contributed by atoms with van der Waals surface area (Å²) in [4.78, 5) is 35.5. The summed E-state index contributed by atoms with van der Waals surface area (Å²) < 4.78 is 7.59. The quantitative estimate of drug-likeness (QED) is 0.668. The highest BCUT2D eigenvalue weighted by atomic mass is 16.5. The molecule has 0 bridgehead atoms. The predicted molar refractivity (Wildman–Crippen MR) is 121 cm³/mol. The minimum absolute atomic E-state index is 0.0962. The lowest BCUT2D eigenvalue weighted by Crippen LogP contribution is -2.41. The molecule has 8 nitrogen and oxygen atoms in total. The fourth-order valence-corrected chi connectivity index (χ4v) is 3.88. The largest absolute Gasteiger partial charge is 0.370 e. The maximum Gasteiger partial charge on any atom is 0.255 e. The lowest BCUT2D eigenvalue weighted by Gasteiger charge is -2.34. The van der Waals surface area contributed by atoms with Crippen molar-refractivity contribution in [2.24, 2.45) is 13.0 Å². The molecule has 1 saturated heterocycles. The Morgan fingerprint density at radius 1 is 1.12 bits per heavy atom. The van der Waals surface area contributed by atoms with Gasteiger partial charge in [0.25, 0.3) is 5.56 Å². The van der Waals surface area contributed by atoms with Crippen molar-refractivity contribution in [3.8, 4) is 11.3 Å². The Labute approximate surface area is 185 Å². The number of hydrogen-bond acceptors (Lipinski definition) is 6. The number of aromatic nitrogens is 3. The maximum atomic E-state index is 12.6. The molecule has 1 atom stereocenters. The third kappa shape index (κ3) is 4.27. The highest BCUT2D eigenvalue weighted by Crippen LogP contribution is 2.31. The van der Waals surface area contributed by atoms with Gasteiger partial charge in [0.05, 0.1) is 18.8 Å². The topological polar surface area (TPSA) is 89.3 Å². The zero-order chi connectivity index (χ0) is 22.1. The molecule has 8 heteroatoms. The van der Waals surface area contributed by atoms with Crippen LogP contribution in [0.15, 0.2) is 59.7 Å². The number of anilines is 2. The molecule has 164 valence electrons. The van der Waals surface area contributed by atoms with Crippen molar-refractivity contribution < 1.29 is 9.53 Å². The Hall–Kier alpha value is -3.52. The van der Waals surface area contributed by atoms with Gasteiger partial charge in [-0.2, -0.15) is 0 Å². The average Bonchev–Trinajstić information content (AvgIpc) is 3.68. The summed E-state index contributed by atoms with van der Waals surface area (Å²) in [7, 11) is 1.74. The molecule has 1 amide bonds. The summed E-state index contributed by atoms with van der Waals surface area (Å²) in [5.41, 5.74) is 3.19. The number of nitrogens with one attached hydrogen (secondary N) is 1. The van der Waals surface area contributed by atoms with Gasteiger partial charge in [0.1, 0.15) is 6.10 Å². The lowest BCUT2D eigenvalue weighted by atomic mass is 10.1. The molecule has 1 aliphatic carbocycles. The van der Waals surface area contributed by atoms with Gasteiger partial charge in [-0.05, 0) is 42.7 Å².